The maximum atomic E-state index is 14.6. The molecule has 2 N–H and O–H groups in total. The highest BCUT2D eigenvalue weighted by Crippen LogP contribution is 2.50. The van der Waals surface area contributed by atoms with Crippen LogP contribution in [0.15, 0.2) is 174 Å². The zero-order valence-electron chi connectivity index (χ0n) is 42.3. The van der Waals surface area contributed by atoms with Gasteiger partial charge in [-0.25, -0.2) is 9.59 Å². The molecule has 2 aliphatic heterocycles. The van der Waals surface area contributed by atoms with Crippen molar-refractivity contribution in [2.75, 3.05) is 44.7 Å². The zero-order chi connectivity index (χ0) is 54.1. The fourth-order valence-corrected chi connectivity index (χ4v) is 10.4. The Bertz CT molecular complexity index is 3300. The number of carbonyl (C=O) groups excluding carboxylic acids is 3. The van der Waals surface area contributed by atoms with Crippen LogP contribution in [0.1, 0.15) is 69.6 Å². The lowest BCUT2D eigenvalue weighted by molar-refractivity contribution is -0.150. The molecule has 2 aliphatic rings. The van der Waals surface area contributed by atoms with Gasteiger partial charge in [-0.1, -0.05) is 91.0 Å². The van der Waals surface area contributed by atoms with Crippen molar-refractivity contribution in [3.8, 4) is 11.5 Å². The summed E-state index contributed by atoms with van der Waals surface area (Å²) in [5, 5.41) is 5.26. The third-order valence-corrected chi connectivity index (χ3v) is 14.2. The summed E-state index contributed by atoms with van der Waals surface area (Å²) in [5.41, 5.74) is 0.115. The first kappa shape index (κ1) is 53.7. The van der Waals surface area contributed by atoms with Crippen molar-refractivity contribution in [2.24, 2.45) is 0 Å². The van der Waals surface area contributed by atoms with Gasteiger partial charge in [0, 0.05) is 50.0 Å². The Hall–Kier alpha value is -8.10. The Labute approximate surface area is 442 Å². The quantitative estimate of drug-likeness (QED) is 0.0421. The molecule has 2 aromatic heterocycles. The number of benzene rings is 5. The van der Waals surface area contributed by atoms with Crippen molar-refractivity contribution < 1.29 is 56.4 Å². The van der Waals surface area contributed by atoms with E-state index in [2.05, 4.69) is 20.6 Å². The van der Waals surface area contributed by atoms with E-state index in [-0.39, 0.29) is 31.1 Å². The van der Waals surface area contributed by atoms with Gasteiger partial charge in [0.05, 0.1) is 33.5 Å². The Morgan fingerprint density at radius 2 is 1.04 bits per heavy atom. The van der Waals surface area contributed by atoms with E-state index in [4.69, 9.17) is 37.5 Å². The number of aromatic nitrogens is 4. The fraction of sp³-hybridized carbons (Fsp3) is 0.268. The average Bonchev–Trinajstić information content (AvgIpc) is 4.08. The van der Waals surface area contributed by atoms with Crippen LogP contribution in [0.2, 0.25) is 0 Å². The molecule has 7 aromatic rings. The molecule has 398 valence electrons. The normalized spacial score (nSPS) is 19.9. The molecule has 0 bridgehead atoms. The van der Waals surface area contributed by atoms with Gasteiger partial charge in [-0.3, -0.25) is 28.1 Å². The minimum absolute atomic E-state index is 0.000410. The molecule has 77 heavy (non-hydrogen) atoms. The second-order valence-corrected chi connectivity index (χ2v) is 20.1. The van der Waals surface area contributed by atoms with Gasteiger partial charge in [-0.05, 0) is 77.4 Å². The van der Waals surface area contributed by atoms with Crippen LogP contribution in [0, 0.1) is 0 Å². The van der Waals surface area contributed by atoms with Crippen LogP contribution < -0.4 is 31.5 Å². The van der Waals surface area contributed by atoms with Crippen molar-refractivity contribution in [1.29, 1.82) is 0 Å². The first-order valence-electron chi connectivity index (χ1n) is 24.5. The van der Waals surface area contributed by atoms with Gasteiger partial charge in [0.15, 0.2) is 0 Å². The van der Waals surface area contributed by atoms with Crippen LogP contribution in [0.3, 0.4) is 0 Å². The molecule has 2 saturated heterocycles. The maximum Gasteiger partial charge on any atom is 0.351 e. The molecule has 5 aromatic carbocycles. The van der Waals surface area contributed by atoms with E-state index in [1.165, 1.54) is 47.2 Å². The smallest absolute Gasteiger partial charge is 0.351 e. The molecule has 0 spiro atoms. The third kappa shape index (κ3) is 12.6. The number of hydrogen-bond acceptors (Lipinski definition) is 16. The zero-order valence-corrected chi connectivity index (χ0v) is 43.2. The largest absolute Gasteiger partial charge is 0.497 e. The number of carbonyl (C=O) groups is 3. The molecular weight excluding hydrogens is 1010 g/mol. The third-order valence-electron chi connectivity index (χ3n) is 13.0. The van der Waals surface area contributed by atoms with Crippen molar-refractivity contribution in [3.63, 3.8) is 0 Å². The topological polar surface area (TPSA) is 236 Å². The minimum atomic E-state index is -4.13. The van der Waals surface area contributed by atoms with Gasteiger partial charge in [-0.15, -0.1) is 0 Å². The minimum Gasteiger partial charge on any atom is -0.497 e. The van der Waals surface area contributed by atoms with Gasteiger partial charge >= 0.3 is 24.9 Å². The van der Waals surface area contributed by atoms with E-state index in [9.17, 15) is 28.5 Å². The van der Waals surface area contributed by atoms with E-state index < -0.39 is 85.8 Å². The summed E-state index contributed by atoms with van der Waals surface area (Å²) >= 11 is 0. The lowest BCUT2D eigenvalue weighted by Crippen LogP contribution is -2.38. The highest BCUT2D eigenvalue weighted by atomic mass is 31.2. The van der Waals surface area contributed by atoms with Crippen LogP contribution in [-0.2, 0) is 43.0 Å². The second-order valence-electron chi connectivity index (χ2n) is 18.0. The second kappa shape index (κ2) is 23.8. The summed E-state index contributed by atoms with van der Waals surface area (Å²) in [6, 6.07) is 44.2. The molecule has 0 saturated carbocycles. The summed E-state index contributed by atoms with van der Waals surface area (Å²) in [6.45, 7) is 1.87. The van der Waals surface area contributed by atoms with Crippen LogP contribution in [0.25, 0.3) is 0 Å². The number of hydrogen-bond donors (Lipinski definition) is 2. The molecule has 0 radical (unpaired) electrons. The maximum absolute atomic E-state index is 14.6. The summed E-state index contributed by atoms with van der Waals surface area (Å²) in [5.74, 6) is -0.292. The molecule has 2 fully saturated rings. The average molecular weight is 1070 g/mol. The molecule has 0 aliphatic carbocycles. The van der Waals surface area contributed by atoms with E-state index in [0.717, 1.165) is 16.7 Å². The molecule has 21 heteroatoms. The molecule has 4 heterocycles. The first-order valence-corrected chi connectivity index (χ1v) is 26.5. The highest BCUT2D eigenvalue weighted by molar-refractivity contribution is 7.53. The Balaban J connectivity index is 0.980. The lowest BCUT2D eigenvalue weighted by atomic mass is 9.80. The van der Waals surface area contributed by atoms with Crippen molar-refractivity contribution >= 4 is 37.0 Å². The van der Waals surface area contributed by atoms with Crippen LogP contribution in [-0.4, -0.2) is 95.4 Å². The van der Waals surface area contributed by atoms with E-state index in [1.807, 2.05) is 78.9 Å². The molecular formula is C56H55N6O14P. The molecule has 9 rings (SSSR count). The lowest BCUT2D eigenvalue weighted by Gasteiger charge is -2.37. The van der Waals surface area contributed by atoms with Gasteiger partial charge in [0.1, 0.15) is 59.5 Å². The van der Waals surface area contributed by atoms with E-state index >= 15 is 0 Å². The van der Waals surface area contributed by atoms with Gasteiger partial charge < -0.3 is 48.1 Å². The van der Waals surface area contributed by atoms with E-state index in [1.54, 1.807) is 74.9 Å². The van der Waals surface area contributed by atoms with E-state index in [0.29, 0.717) is 22.6 Å². The SMILES string of the molecule is COc1ccc(C(OC[C@H]2O[C@@H](n3ccc(NC(=O)c4ccccc4)nc3=O)C[C@@H]2O[P@@](C)(=O)OC[C@H]2O[C@@H](n3ccc(NC(=O)c4ccccc4)nc3=O)C[C@@H]2OC(C)=O)(c2ccccc2)c2ccc(OC)cc2)cc1. The molecule has 7 atom stereocenters. The number of anilines is 2. The monoisotopic (exact) mass is 1070 g/mol. The van der Waals surface area contributed by atoms with Crippen molar-refractivity contribution in [3.05, 3.63) is 213 Å². The Morgan fingerprint density at radius 1 is 0.610 bits per heavy atom. The predicted molar refractivity (Wildman–Crippen MR) is 281 cm³/mol. The summed E-state index contributed by atoms with van der Waals surface area (Å²) < 4.78 is 66.2. The van der Waals surface area contributed by atoms with Gasteiger partial charge in [-0.2, -0.15) is 9.97 Å². The number of nitrogens with zero attached hydrogens (tertiary/aromatic N) is 4. The van der Waals surface area contributed by atoms with Gasteiger partial charge in [0.25, 0.3) is 11.8 Å². The standard InChI is InChI=1S/C56H55N6O14P/c1-36(63)73-44-32-50(61-30-28-48(59-54(61)66)57-52(64)37-14-8-5-9-15-37)75-47(44)35-72-77(4,68)76-45-33-51(62-31-29-49(60-55(62)67)58-53(65)38-16-10-6-11-17-38)74-46(45)34-71-56(39-18-12-7-13-19-39,40-20-24-42(69-2)25-21-40)41-22-26-43(70-3)27-23-41/h5-31,44-47,50-51H,32-35H2,1-4H3,(H,57,59,64,66)(H,58,60,65,67)/t44-,45-,46+,47+,50+,51+,77-/m0/s1. The predicted octanol–water partition coefficient (Wildman–Crippen LogP) is 7.76. The van der Waals surface area contributed by atoms with Crippen LogP contribution in [0.4, 0.5) is 11.6 Å². The van der Waals surface area contributed by atoms with Crippen LogP contribution in [0.5, 0.6) is 11.5 Å². The highest BCUT2D eigenvalue weighted by Gasteiger charge is 2.46. The van der Waals surface area contributed by atoms with Crippen molar-refractivity contribution in [2.45, 2.75) is 62.2 Å². The Kier molecular flexibility index (Phi) is 16.6. The number of methoxy groups -OCH3 is 2. The number of amides is 2. The van der Waals surface area contributed by atoms with Gasteiger partial charge in [0.2, 0.25) is 0 Å². The summed E-state index contributed by atoms with van der Waals surface area (Å²) in [6.07, 6.45) is -3.35. The first-order chi connectivity index (χ1) is 37.2. The van der Waals surface area contributed by atoms with Crippen LogP contribution >= 0.6 is 7.60 Å². The fourth-order valence-electron chi connectivity index (χ4n) is 9.22. The Morgan fingerprint density at radius 3 is 1.48 bits per heavy atom. The molecule has 2 amide bonds. The molecule has 20 nitrogen and oxygen atoms in total. The van der Waals surface area contributed by atoms with Crippen molar-refractivity contribution in [1.82, 2.24) is 19.1 Å². The number of nitrogens with one attached hydrogen (secondary N) is 2. The number of ether oxygens (including phenoxy) is 6. The number of esters is 1. The number of rotatable bonds is 20. The molecule has 0 unspecified atom stereocenters. The summed E-state index contributed by atoms with van der Waals surface area (Å²) in [4.78, 5) is 73.3. The summed E-state index contributed by atoms with van der Waals surface area (Å²) in [7, 11) is -0.983.